The Balaban J connectivity index is 1.92. The van der Waals surface area contributed by atoms with Crippen LogP contribution in [0.4, 0.5) is 9.18 Å². The van der Waals surface area contributed by atoms with E-state index in [4.69, 9.17) is 4.74 Å². The molecule has 3 rings (SSSR count). The lowest BCUT2D eigenvalue weighted by Gasteiger charge is -2.33. The van der Waals surface area contributed by atoms with Gasteiger partial charge in [-0.3, -0.25) is 4.79 Å². The number of hydrogen-bond donors (Lipinski definition) is 1. The summed E-state index contributed by atoms with van der Waals surface area (Å²) in [7, 11) is 0. The fourth-order valence-electron chi connectivity index (χ4n) is 4.13. The summed E-state index contributed by atoms with van der Waals surface area (Å²) in [6.45, 7) is 8.88. The number of nitrogens with zero attached hydrogens (tertiary/aromatic N) is 1. The number of ketones is 1. The molecular weight excluding hydrogens is 369 g/mol. The van der Waals surface area contributed by atoms with E-state index >= 15 is 0 Å². The van der Waals surface area contributed by atoms with E-state index in [-0.39, 0.29) is 12.3 Å². The molecule has 1 aromatic heterocycles. The number of amides is 1. The maximum Gasteiger partial charge on any atom is 0.407 e. The van der Waals surface area contributed by atoms with Crippen LogP contribution >= 0.6 is 11.3 Å². The van der Waals surface area contributed by atoms with Gasteiger partial charge in [-0.25, -0.2) is 9.18 Å². The Hall–Kier alpha value is -1.99. The number of likely N-dealkylation sites (tertiary alicyclic amines) is 1. The molecule has 0 bridgehead atoms. The van der Waals surface area contributed by atoms with Crippen LogP contribution in [0, 0.1) is 11.3 Å². The fourth-order valence-corrected chi connectivity index (χ4v) is 5.21. The first-order valence-electron chi connectivity index (χ1n) is 9.08. The Morgan fingerprint density at radius 2 is 2.15 bits per heavy atom. The van der Waals surface area contributed by atoms with Crippen molar-refractivity contribution in [2.75, 3.05) is 26.3 Å². The number of ether oxygens (including phenoxy) is 1. The Labute approximate surface area is 162 Å². The Morgan fingerprint density at radius 3 is 2.67 bits per heavy atom. The van der Waals surface area contributed by atoms with Gasteiger partial charge in [0.1, 0.15) is 5.83 Å². The van der Waals surface area contributed by atoms with Gasteiger partial charge in [-0.2, -0.15) is 0 Å². The molecule has 1 aromatic rings. The number of carbonyl (C=O) groups is 2. The van der Waals surface area contributed by atoms with Crippen molar-refractivity contribution in [2.24, 2.45) is 11.3 Å². The number of hydrogen-bond acceptors (Lipinski definition) is 4. The quantitative estimate of drug-likeness (QED) is 0.712. The second-order valence-electron chi connectivity index (χ2n) is 7.33. The Bertz CT molecular complexity index is 768. The van der Waals surface area contributed by atoms with Crippen LogP contribution in [-0.2, 0) is 4.74 Å². The molecule has 2 aliphatic heterocycles. The van der Waals surface area contributed by atoms with Crippen molar-refractivity contribution in [3.05, 3.63) is 34.5 Å². The van der Waals surface area contributed by atoms with Gasteiger partial charge in [0.25, 0.3) is 0 Å². The molecule has 7 heteroatoms. The van der Waals surface area contributed by atoms with E-state index in [1.165, 1.54) is 11.0 Å². The molecule has 1 N–H and O–H groups in total. The normalized spacial score (nSPS) is 23.4. The van der Waals surface area contributed by atoms with E-state index in [0.717, 1.165) is 24.2 Å². The minimum absolute atomic E-state index is 0.0988. The van der Waals surface area contributed by atoms with Gasteiger partial charge in [-0.1, -0.05) is 19.2 Å². The lowest BCUT2D eigenvalue weighted by Crippen LogP contribution is -2.38. The van der Waals surface area contributed by atoms with Crippen LogP contribution in [0.2, 0.25) is 0 Å². The fraction of sp³-hybridized carbons (Fsp3) is 0.500. The van der Waals surface area contributed by atoms with E-state index in [2.05, 4.69) is 13.2 Å². The first kappa shape index (κ1) is 19.8. The summed E-state index contributed by atoms with van der Waals surface area (Å²) >= 11 is 1.07. The summed E-state index contributed by atoms with van der Waals surface area (Å²) in [5, 5.41) is 9.39. The third-order valence-corrected chi connectivity index (χ3v) is 6.76. The predicted octanol–water partition coefficient (Wildman–Crippen LogP) is 4.70. The molecule has 5 nitrogen and oxygen atoms in total. The predicted molar refractivity (Wildman–Crippen MR) is 104 cm³/mol. The van der Waals surface area contributed by atoms with Gasteiger partial charge < -0.3 is 14.7 Å². The molecule has 2 fully saturated rings. The van der Waals surface area contributed by atoms with Crippen LogP contribution in [0.15, 0.2) is 19.2 Å². The molecule has 1 unspecified atom stereocenters. The van der Waals surface area contributed by atoms with Crippen molar-refractivity contribution < 1.29 is 23.8 Å². The SMILES string of the molecule is C=Cc1cc(C(=O)C2(CC3CCOCC3)CCN(C(=O)O)C2)sc1C(=C)F. The van der Waals surface area contributed by atoms with Crippen LogP contribution in [0.25, 0.3) is 11.9 Å². The molecule has 2 saturated heterocycles. The van der Waals surface area contributed by atoms with Crippen molar-refractivity contribution in [1.29, 1.82) is 0 Å². The molecule has 0 aliphatic carbocycles. The summed E-state index contributed by atoms with van der Waals surface area (Å²) in [4.78, 5) is 27.0. The number of carboxylic acid groups (broad SMARTS) is 1. The smallest absolute Gasteiger partial charge is 0.407 e. The lowest BCUT2D eigenvalue weighted by atomic mass is 9.73. The molecule has 3 heterocycles. The summed E-state index contributed by atoms with van der Waals surface area (Å²) in [5.41, 5.74) is -0.219. The van der Waals surface area contributed by atoms with Crippen LogP contribution in [0.5, 0.6) is 0 Å². The highest BCUT2D eigenvalue weighted by Gasteiger charge is 2.48. The van der Waals surface area contributed by atoms with E-state index in [1.54, 1.807) is 6.07 Å². The summed E-state index contributed by atoms with van der Waals surface area (Å²) in [6.07, 6.45) is 3.37. The van der Waals surface area contributed by atoms with Crippen LogP contribution in [0.1, 0.15) is 45.8 Å². The number of carbonyl (C=O) groups excluding carboxylic acids is 1. The minimum Gasteiger partial charge on any atom is -0.465 e. The van der Waals surface area contributed by atoms with Crippen molar-refractivity contribution in [3.8, 4) is 0 Å². The van der Waals surface area contributed by atoms with Crippen molar-refractivity contribution in [3.63, 3.8) is 0 Å². The second-order valence-corrected chi connectivity index (χ2v) is 8.38. The van der Waals surface area contributed by atoms with Gasteiger partial charge in [0.2, 0.25) is 0 Å². The molecule has 2 aliphatic rings. The Kier molecular flexibility index (Phi) is 5.81. The minimum atomic E-state index is -1.01. The van der Waals surface area contributed by atoms with Gasteiger partial charge in [0, 0.05) is 26.3 Å². The maximum atomic E-state index is 13.7. The molecule has 0 aromatic carbocycles. The number of rotatable bonds is 6. The molecular formula is C20H24FNO4S. The highest BCUT2D eigenvalue weighted by Crippen LogP contribution is 2.44. The van der Waals surface area contributed by atoms with Crippen molar-refractivity contribution in [1.82, 2.24) is 4.90 Å². The van der Waals surface area contributed by atoms with Gasteiger partial charge in [-0.05, 0) is 43.2 Å². The summed E-state index contributed by atoms with van der Waals surface area (Å²) in [5.74, 6) is -0.366. The summed E-state index contributed by atoms with van der Waals surface area (Å²) in [6, 6.07) is 1.65. The highest BCUT2D eigenvalue weighted by atomic mass is 32.1. The average molecular weight is 393 g/mol. The van der Waals surface area contributed by atoms with Crippen LogP contribution in [-0.4, -0.2) is 48.2 Å². The van der Waals surface area contributed by atoms with E-state index in [9.17, 15) is 19.1 Å². The van der Waals surface area contributed by atoms with E-state index in [0.29, 0.717) is 53.8 Å². The van der Waals surface area contributed by atoms with Crippen LogP contribution < -0.4 is 0 Å². The van der Waals surface area contributed by atoms with Crippen molar-refractivity contribution >= 4 is 35.1 Å². The molecule has 0 spiro atoms. The zero-order chi connectivity index (χ0) is 19.6. The first-order valence-corrected chi connectivity index (χ1v) is 9.89. The number of thiophene rings is 1. The second kappa shape index (κ2) is 7.94. The molecule has 0 saturated carbocycles. The Morgan fingerprint density at radius 1 is 1.44 bits per heavy atom. The van der Waals surface area contributed by atoms with Gasteiger partial charge in [0.05, 0.1) is 15.2 Å². The zero-order valence-electron chi connectivity index (χ0n) is 15.2. The molecule has 146 valence electrons. The number of halogens is 1. The monoisotopic (exact) mass is 393 g/mol. The molecule has 1 atom stereocenters. The number of Topliss-reactive ketones (excluding diaryl/α,β-unsaturated/α-hetero) is 1. The first-order chi connectivity index (χ1) is 12.9. The highest BCUT2D eigenvalue weighted by molar-refractivity contribution is 7.15. The molecule has 27 heavy (non-hydrogen) atoms. The van der Waals surface area contributed by atoms with Gasteiger partial charge in [0.15, 0.2) is 5.78 Å². The van der Waals surface area contributed by atoms with Gasteiger partial charge >= 0.3 is 6.09 Å². The zero-order valence-corrected chi connectivity index (χ0v) is 16.0. The average Bonchev–Trinajstić information content (AvgIpc) is 3.27. The molecule has 1 amide bonds. The third-order valence-electron chi connectivity index (χ3n) is 5.58. The largest absolute Gasteiger partial charge is 0.465 e. The summed E-state index contributed by atoms with van der Waals surface area (Å²) < 4.78 is 19.1. The topological polar surface area (TPSA) is 66.8 Å². The van der Waals surface area contributed by atoms with E-state index in [1.807, 2.05) is 0 Å². The van der Waals surface area contributed by atoms with Crippen molar-refractivity contribution in [2.45, 2.75) is 25.7 Å². The maximum absolute atomic E-state index is 13.7. The van der Waals surface area contributed by atoms with E-state index < -0.39 is 17.3 Å². The lowest BCUT2D eigenvalue weighted by molar-refractivity contribution is 0.0434. The molecule has 0 radical (unpaired) electrons. The standard InChI is InChI=1S/C20H24FNO4S/c1-3-15-10-16(27-17(15)13(2)21)18(23)20(6-7-22(12-20)19(24)25)11-14-4-8-26-9-5-14/h3,10,14H,1-2,4-9,11-12H2,(H,24,25). The van der Waals surface area contributed by atoms with Gasteiger partial charge in [-0.15, -0.1) is 11.3 Å². The van der Waals surface area contributed by atoms with Crippen LogP contribution in [0.3, 0.4) is 0 Å². The third kappa shape index (κ3) is 3.99.